The van der Waals surface area contributed by atoms with E-state index in [-0.39, 0.29) is 12.3 Å². The van der Waals surface area contributed by atoms with Crippen LogP contribution in [0.2, 0.25) is 10.0 Å². The van der Waals surface area contributed by atoms with Gasteiger partial charge in [-0.15, -0.1) is 10.2 Å². The summed E-state index contributed by atoms with van der Waals surface area (Å²) in [6.07, 6.45) is 0.600. The third kappa shape index (κ3) is 5.62. The minimum absolute atomic E-state index is 0.197. The van der Waals surface area contributed by atoms with Crippen LogP contribution in [0.25, 0.3) is 0 Å². The first kappa shape index (κ1) is 19.6. The van der Waals surface area contributed by atoms with Gasteiger partial charge in [0, 0.05) is 35.6 Å². The molecule has 0 aliphatic heterocycles. The summed E-state index contributed by atoms with van der Waals surface area (Å²) < 4.78 is 1.74. The number of amides is 2. The number of carbonyl (C=O) groups excluding carboxylic acids is 2. The van der Waals surface area contributed by atoms with Gasteiger partial charge in [-0.1, -0.05) is 35.0 Å². The molecule has 0 unspecified atom stereocenters. The van der Waals surface area contributed by atoms with Crippen molar-refractivity contribution in [2.45, 2.75) is 30.2 Å². The molecule has 0 fully saturated rings. The summed E-state index contributed by atoms with van der Waals surface area (Å²) in [4.78, 5) is 23.2. The van der Waals surface area contributed by atoms with E-state index in [1.807, 2.05) is 0 Å². The van der Waals surface area contributed by atoms with Crippen molar-refractivity contribution < 1.29 is 9.59 Å². The van der Waals surface area contributed by atoms with Crippen LogP contribution in [0.1, 0.15) is 19.2 Å². The molecule has 2 aromatic rings. The first-order valence-corrected chi connectivity index (χ1v) is 9.00. The van der Waals surface area contributed by atoms with Gasteiger partial charge in [0.25, 0.3) is 0 Å². The van der Waals surface area contributed by atoms with Crippen molar-refractivity contribution in [1.29, 1.82) is 0 Å². The van der Waals surface area contributed by atoms with Gasteiger partial charge in [0.1, 0.15) is 5.82 Å². The van der Waals surface area contributed by atoms with Crippen molar-refractivity contribution in [2.24, 2.45) is 12.8 Å². The van der Waals surface area contributed by atoms with E-state index in [0.717, 1.165) is 0 Å². The Hall–Kier alpha value is -1.77. The second-order valence-corrected chi connectivity index (χ2v) is 7.51. The Morgan fingerprint density at radius 3 is 2.52 bits per heavy atom. The van der Waals surface area contributed by atoms with Crippen molar-refractivity contribution in [3.63, 3.8) is 0 Å². The van der Waals surface area contributed by atoms with Crippen molar-refractivity contribution in [2.75, 3.05) is 5.32 Å². The Balaban J connectivity index is 2.00. The van der Waals surface area contributed by atoms with Gasteiger partial charge in [-0.05, 0) is 25.1 Å². The van der Waals surface area contributed by atoms with Crippen molar-refractivity contribution >= 4 is 52.5 Å². The average molecular weight is 402 g/mol. The zero-order chi connectivity index (χ0) is 18.6. The molecule has 0 bridgehead atoms. The molecule has 0 saturated heterocycles. The smallest absolute Gasteiger partial charge is 0.237 e. The van der Waals surface area contributed by atoms with Gasteiger partial charge in [0.15, 0.2) is 5.16 Å². The van der Waals surface area contributed by atoms with E-state index in [1.165, 1.54) is 11.8 Å². The molecule has 1 aromatic heterocycles. The van der Waals surface area contributed by atoms with Crippen LogP contribution in [0.15, 0.2) is 23.4 Å². The number of benzene rings is 1. The fraction of sp³-hybridized carbons (Fsp3) is 0.333. The van der Waals surface area contributed by atoms with Crippen LogP contribution in [0, 0.1) is 0 Å². The SMILES string of the molecule is C[C@@H](Sc1nnc(CCC(N)=O)n1C)C(=O)Nc1cc(Cl)cc(Cl)c1. The van der Waals surface area contributed by atoms with Crippen LogP contribution in [-0.4, -0.2) is 31.8 Å². The predicted molar refractivity (Wildman–Crippen MR) is 98.9 cm³/mol. The van der Waals surface area contributed by atoms with Gasteiger partial charge in [-0.2, -0.15) is 0 Å². The lowest BCUT2D eigenvalue weighted by molar-refractivity contribution is -0.118. The fourth-order valence-electron chi connectivity index (χ4n) is 1.98. The number of rotatable bonds is 7. The van der Waals surface area contributed by atoms with Crippen LogP contribution in [-0.2, 0) is 23.1 Å². The van der Waals surface area contributed by atoms with E-state index in [0.29, 0.717) is 33.1 Å². The van der Waals surface area contributed by atoms with E-state index in [2.05, 4.69) is 15.5 Å². The second kappa shape index (κ2) is 8.55. The van der Waals surface area contributed by atoms with Gasteiger partial charge >= 0.3 is 0 Å². The summed E-state index contributed by atoms with van der Waals surface area (Å²) in [7, 11) is 1.78. The number of aryl methyl sites for hydroxylation is 1. The van der Waals surface area contributed by atoms with E-state index in [4.69, 9.17) is 28.9 Å². The quantitative estimate of drug-likeness (QED) is 0.694. The summed E-state index contributed by atoms with van der Waals surface area (Å²) in [5.41, 5.74) is 5.66. The normalized spacial score (nSPS) is 12.0. The fourth-order valence-corrected chi connectivity index (χ4v) is 3.34. The number of nitrogens with one attached hydrogen (secondary N) is 1. The monoisotopic (exact) mass is 401 g/mol. The van der Waals surface area contributed by atoms with Crippen molar-refractivity contribution in [3.8, 4) is 0 Å². The third-order valence-electron chi connectivity index (χ3n) is 3.30. The highest BCUT2D eigenvalue weighted by Crippen LogP contribution is 2.25. The van der Waals surface area contributed by atoms with E-state index >= 15 is 0 Å². The minimum atomic E-state index is -0.426. The number of thioether (sulfide) groups is 1. The highest BCUT2D eigenvalue weighted by atomic mass is 35.5. The van der Waals surface area contributed by atoms with E-state index in [1.54, 1.807) is 36.7 Å². The first-order valence-electron chi connectivity index (χ1n) is 7.36. The molecular weight excluding hydrogens is 385 g/mol. The zero-order valence-corrected chi connectivity index (χ0v) is 16.0. The number of hydrogen-bond donors (Lipinski definition) is 2. The molecule has 1 heterocycles. The molecule has 1 atom stereocenters. The third-order valence-corrected chi connectivity index (χ3v) is 4.87. The lowest BCUT2D eigenvalue weighted by atomic mass is 10.3. The molecule has 134 valence electrons. The van der Waals surface area contributed by atoms with Gasteiger partial charge in [-0.3, -0.25) is 9.59 Å². The number of hydrogen-bond acceptors (Lipinski definition) is 5. The van der Waals surface area contributed by atoms with Crippen LogP contribution in [0.4, 0.5) is 5.69 Å². The molecule has 0 saturated carbocycles. The maximum absolute atomic E-state index is 12.3. The second-order valence-electron chi connectivity index (χ2n) is 5.33. The summed E-state index contributed by atoms with van der Waals surface area (Å²) >= 11 is 13.1. The number of nitrogens with zero attached hydrogens (tertiary/aromatic N) is 3. The molecule has 0 aliphatic rings. The number of carbonyl (C=O) groups is 2. The lowest BCUT2D eigenvalue weighted by Crippen LogP contribution is -2.22. The van der Waals surface area contributed by atoms with E-state index in [9.17, 15) is 9.59 Å². The molecule has 7 nitrogen and oxygen atoms in total. The topological polar surface area (TPSA) is 103 Å². The molecule has 1 aromatic carbocycles. The maximum Gasteiger partial charge on any atom is 0.237 e. The Kier molecular flexibility index (Phi) is 6.69. The van der Waals surface area contributed by atoms with Crippen molar-refractivity contribution in [3.05, 3.63) is 34.1 Å². The molecule has 2 rings (SSSR count). The number of nitrogens with two attached hydrogens (primary N) is 1. The van der Waals surface area contributed by atoms with Gasteiger partial charge in [0.2, 0.25) is 11.8 Å². The highest BCUT2D eigenvalue weighted by molar-refractivity contribution is 8.00. The summed E-state index contributed by atoms with van der Waals surface area (Å²) in [6.45, 7) is 1.75. The molecule has 0 aliphatic carbocycles. The molecule has 0 radical (unpaired) electrons. The number of aromatic nitrogens is 3. The van der Waals surface area contributed by atoms with Crippen LogP contribution >= 0.6 is 35.0 Å². The number of anilines is 1. The van der Waals surface area contributed by atoms with Gasteiger partial charge in [-0.25, -0.2) is 0 Å². The number of primary amides is 1. The summed E-state index contributed by atoms with van der Waals surface area (Å²) in [5, 5.41) is 11.9. The molecule has 2 amide bonds. The molecule has 10 heteroatoms. The van der Waals surface area contributed by atoms with Crippen LogP contribution in [0.5, 0.6) is 0 Å². The Bertz CT molecular complexity index is 776. The Morgan fingerprint density at radius 2 is 1.92 bits per heavy atom. The minimum Gasteiger partial charge on any atom is -0.370 e. The van der Waals surface area contributed by atoms with Crippen LogP contribution < -0.4 is 11.1 Å². The van der Waals surface area contributed by atoms with Crippen molar-refractivity contribution in [1.82, 2.24) is 14.8 Å². The summed E-state index contributed by atoms with van der Waals surface area (Å²) in [5.74, 6) is 0.0192. The average Bonchev–Trinajstić information content (AvgIpc) is 2.84. The molecule has 0 spiro atoms. The van der Waals surface area contributed by atoms with E-state index < -0.39 is 11.2 Å². The Labute approximate surface area is 159 Å². The molecule has 3 N–H and O–H groups in total. The van der Waals surface area contributed by atoms with Crippen LogP contribution in [0.3, 0.4) is 0 Å². The standard InChI is InChI=1S/C15H17Cl2N5O2S/c1-8(14(24)19-11-6-9(16)5-10(17)7-11)25-15-21-20-13(22(15)2)4-3-12(18)23/h5-8H,3-4H2,1-2H3,(H2,18,23)(H,19,24)/t8-/m1/s1. The largest absolute Gasteiger partial charge is 0.370 e. The summed E-state index contributed by atoms with van der Waals surface area (Å²) in [6, 6.07) is 4.82. The maximum atomic E-state index is 12.3. The molecule has 25 heavy (non-hydrogen) atoms. The predicted octanol–water partition coefficient (Wildman–Crippen LogP) is 2.66. The zero-order valence-electron chi connectivity index (χ0n) is 13.6. The first-order chi connectivity index (χ1) is 11.8. The highest BCUT2D eigenvalue weighted by Gasteiger charge is 2.19. The van der Waals surface area contributed by atoms with Gasteiger partial charge < -0.3 is 15.6 Å². The Morgan fingerprint density at radius 1 is 1.28 bits per heavy atom. The lowest BCUT2D eigenvalue weighted by Gasteiger charge is -2.12. The number of halogens is 2. The molecular formula is C15H17Cl2N5O2S. The van der Waals surface area contributed by atoms with Gasteiger partial charge in [0.05, 0.1) is 5.25 Å².